The summed E-state index contributed by atoms with van der Waals surface area (Å²) in [5.74, 6) is 0. The summed E-state index contributed by atoms with van der Waals surface area (Å²) < 4.78 is 3.38. The summed E-state index contributed by atoms with van der Waals surface area (Å²) in [6.45, 7) is 3.25. The first kappa shape index (κ1) is 13.5. The van der Waals surface area contributed by atoms with Crippen LogP contribution in [-0.2, 0) is 6.54 Å². The van der Waals surface area contributed by atoms with Crippen molar-refractivity contribution in [3.05, 3.63) is 54.4 Å². The largest absolute Gasteiger partial charge is 0.372 e. The van der Waals surface area contributed by atoms with Gasteiger partial charge in [0.25, 0.3) is 0 Å². The van der Waals surface area contributed by atoms with Gasteiger partial charge in [0.2, 0.25) is 0 Å². The topological polar surface area (TPSA) is 28.2 Å². The first-order valence-corrected chi connectivity index (χ1v) is 7.87. The molecule has 0 unspecified atom stereocenters. The molecule has 1 aliphatic rings. The van der Waals surface area contributed by atoms with Crippen molar-refractivity contribution in [3.8, 4) is 0 Å². The number of nitrogens with zero attached hydrogens (tertiary/aromatic N) is 2. The van der Waals surface area contributed by atoms with Gasteiger partial charge in [-0.2, -0.15) is 0 Å². The molecule has 3 rings (SSSR count). The molecule has 0 atom stereocenters. The van der Waals surface area contributed by atoms with Gasteiger partial charge in [-0.05, 0) is 66.8 Å². The molecule has 0 bridgehead atoms. The van der Waals surface area contributed by atoms with E-state index in [1.165, 1.54) is 42.1 Å². The summed E-state index contributed by atoms with van der Waals surface area (Å²) in [7, 11) is 0. The molecule has 20 heavy (non-hydrogen) atoms. The highest BCUT2D eigenvalue weighted by atomic mass is 32.2. The highest BCUT2D eigenvalue weighted by molar-refractivity contribution is 7.97. The number of hydrogen-bond donors (Lipinski definition) is 1. The Morgan fingerprint density at radius 3 is 2.40 bits per heavy atom. The Labute approximate surface area is 124 Å². The third-order valence-corrected chi connectivity index (χ3v) is 4.32. The average Bonchev–Trinajstić information content (AvgIpc) is 3.03. The van der Waals surface area contributed by atoms with Crippen LogP contribution in [0.4, 0.5) is 5.69 Å². The Morgan fingerprint density at radius 1 is 1.00 bits per heavy atom. The molecule has 1 aliphatic heterocycles. The molecule has 0 saturated carbocycles. The fourth-order valence-electron chi connectivity index (χ4n) is 2.40. The molecule has 2 aromatic rings. The van der Waals surface area contributed by atoms with Crippen LogP contribution < -0.4 is 9.62 Å². The molecular formula is C16H19N3S. The van der Waals surface area contributed by atoms with Gasteiger partial charge >= 0.3 is 0 Å². The Hall–Kier alpha value is -1.52. The van der Waals surface area contributed by atoms with Gasteiger partial charge < -0.3 is 4.90 Å². The van der Waals surface area contributed by atoms with E-state index in [4.69, 9.17) is 0 Å². The second kappa shape index (κ2) is 6.77. The van der Waals surface area contributed by atoms with E-state index in [0.717, 1.165) is 6.54 Å². The molecule has 1 saturated heterocycles. The van der Waals surface area contributed by atoms with E-state index >= 15 is 0 Å². The lowest BCUT2D eigenvalue weighted by Crippen LogP contribution is -2.17. The van der Waals surface area contributed by atoms with Crippen LogP contribution in [-0.4, -0.2) is 18.1 Å². The molecule has 1 N–H and O–H groups in total. The zero-order valence-electron chi connectivity index (χ0n) is 11.5. The Morgan fingerprint density at radius 2 is 1.70 bits per heavy atom. The van der Waals surface area contributed by atoms with Crippen molar-refractivity contribution in [3.63, 3.8) is 0 Å². The molecular weight excluding hydrogens is 266 g/mol. The normalized spacial score (nSPS) is 14.7. The minimum absolute atomic E-state index is 0.848. The van der Waals surface area contributed by atoms with Crippen molar-refractivity contribution in [2.45, 2.75) is 24.3 Å². The SMILES string of the molecule is c1cc(CNSc2ccc(N3CCCC3)cc2)ccn1. The first-order chi connectivity index (χ1) is 9.92. The van der Waals surface area contributed by atoms with Crippen molar-refractivity contribution in [2.75, 3.05) is 18.0 Å². The number of aromatic nitrogens is 1. The highest BCUT2D eigenvalue weighted by Crippen LogP contribution is 2.23. The molecule has 104 valence electrons. The minimum Gasteiger partial charge on any atom is -0.372 e. The molecule has 0 radical (unpaired) electrons. The van der Waals surface area contributed by atoms with Gasteiger partial charge in [0.05, 0.1) is 0 Å². The van der Waals surface area contributed by atoms with Gasteiger partial charge in [0.1, 0.15) is 0 Å². The van der Waals surface area contributed by atoms with Crippen LogP contribution in [0.2, 0.25) is 0 Å². The monoisotopic (exact) mass is 285 g/mol. The smallest absolute Gasteiger partial charge is 0.0366 e. The number of pyridine rings is 1. The van der Waals surface area contributed by atoms with Gasteiger partial charge in [0, 0.05) is 42.6 Å². The maximum atomic E-state index is 4.02. The maximum absolute atomic E-state index is 4.02. The molecule has 0 amide bonds. The maximum Gasteiger partial charge on any atom is 0.0366 e. The van der Waals surface area contributed by atoms with Gasteiger partial charge in [-0.3, -0.25) is 9.71 Å². The van der Waals surface area contributed by atoms with E-state index in [9.17, 15) is 0 Å². The van der Waals surface area contributed by atoms with E-state index in [1.54, 1.807) is 11.9 Å². The van der Waals surface area contributed by atoms with Gasteiger partial charge in [0.15, 0.2) is 0 Å². The lowest BCUT2D eigenvalue weighted by atomic mass is 10.3. The zero-order valence-corrected chi connectivity index (χ0v) is 12.3. The van der Waals surface area contributed by atoms with Crippen LogP contribution in [0, 0.1) is 0 Å². The summed E-state index contributed by atoms with van der Waals surface area (Å²) >= 11 is 1.68. The van der Waals surface area contributed by atoms with Crippen LogP contribution in [0.5, 0.6) is 0 Å². The standard InChI is InChI=1S/C16H19N3S/c1-2-12-19(11-1)15-3-5-16(6-4-15)20-18-13-14-7-9-17-10-8-14/h3-10,18H,1-2,11-13H2. The molecule has 2 heterocycles. The molecule has 0 aliphatic carbocycles. The Bertz CT molecular complexity index is 521. The van der Waals surface area contributed by atoms with Crippen LogP contribution >= 0.6 is 11.9 Å². The van der Waals surface area contributed by atoms with Gasteiger partial charge in [-0.1, -0.05) is 0 Å². The highest BCUT2D eigenvalue weighted by Gasteiger charge is 2.11. The number of nitrogens with one attached hydrogen (secondary N) is 1. The van der Waals surface area contributed by atoms with E-state index < -0.39 is 0 Å². The van der Waals surface area contributed by atoms with Crippen LogP contribution in [0.3, 0.4) is 0 Å². The molecule has 1 aromatic heterocycles. The van der Waals surface area contributed by atoms with Crippen molar-refractivity contribution in [1.82, 2.24) is 9.71 Å². The van der Waals surface area contributed by atoms with Crippen molar-refractivity contribution in [1.29, 1.82) is 0 Å². The van der Waals surface area contributed by atoms with Crippen LogP contribution in [0.15, 0.2) is 53.7 Å². The lowest BCUT2D eigenvalue weighted by Gasteiger charge is -2.17. The summed E-state index contributed by atoms with van der Waals surface area (Å²) in [6.07, 6.45) is 6.30. The molecule has 1 aromatic carbocycles. The third kappa shape index (κ3) is 3.52. The van der Waals surface area contributed by atoms with E-state index in [0.29, 0.717) is 0 Å². The summed E-state index contributed by atoms with van der Waals surface area (Å²) in [5.41, 5.74) is 2.60. The fourth-order valence-corrected chi connectivity index (χ4v) is 3.08. The predicted molar refractivity (Wildman–Crippen MR) is 84.8 cm³/mol. The van der Waals surface area contributed by atoms with Crippen molar-refractivity contribution < 1.29 is 0 Å². The van der Waals surface area contributed by atoms with Crippen molar-refractivity contribution >= 4 is 17.6 Å². The lowest BCUT2D eigenvalue weighted by molar-refractivity contribution is 0.949. The Balaban J connectivity index is 1.50. The van der Waals surface area contributed by atoms with E-state index in [-0.39, 0.29) is 0 Å². The second-order valence-corrected chi connectivity index (χ2v) is 5.93. The van der Waals surface area contributed by atoms with Crippen LogP contribution in [0.25, 0.3) is 0 Å². The number of benzene rings is 1. The number of anilines is 1. The zero-order chi connectivity index (χ0) is 13.6. The fraction of sp³-hybridized carbons (Fsp3) is 0.312. The summed E-state index contributed by atoms with van der Waals surface area (Å²) in [4.78, 5) is 7.73. The quantitative estimate of drug-likeness (QED) is 0.851. The number of hydrogen-bond acceptors (Lipinski definition) is 4. The molecule has 4 heteroatoms. The number of rotatable bonds is 5. The third-order valence-electron chi connectivity index (χ3n) is 3.52. The van der Waals surface area contributed by atoms with Gasteiger partial charge in [-0.25, -0.2) is 0 Å². The predicted octanol–water partition coefficient (Wildman–Crippen LogP) is 3.48. The van der Waals surface area contributed by atoms with Crippen molar-refractivity contribution in [2.24, 2.45) is 0 Å². The average molecular weight is 285 g/mol. The Kier molecular flexibility index (Phi) is 4.56. The molecule has 1 fully saturated rings. The van der Waals surface area contributed by atoms with Gasteiger partial charge in [-0.15, -0.1) is 0 Å². The summed E-state index contributed by atoms with van der Waals surface area (Å²) in [5, 5.41) is 0. The second-order valence-electron chi connectivity index (χ2n) is 4.97. The first-order valence-electron chi connectivity index (χ1n) is 7.05. The molecule has 0 spiro atoms. The van der Waals surface area contributed by atoms with E-state index in [1.807, 2.05) is 24.5 Å². The van der Waals surface area contributed by atoms with E-state index in [2.05, 4.69) is 38.9 Å². The minimum atomic E-state index is 0.848. The summed E-state index contributed by atoms with van der Waals surface area (Å²) in [6, 6.07) is 12.9. The molecule has 3 nitrogen and oxygen atoms in total. The van der Waals surface area contributed by atoms with Crippen LogP contribution in [0.1, 0.15) is 18.4 Å².